The Morgan fingerprint density at radius 1 is 1.47 bits per heavy atom. The molecule has 1 atom stereocenters. The first kappa shape index (κ1) is 12.1. The van der Waals surface area contributed by atoms with Gasteiger partial charge in [-0.1, -0.05) is 18.2 Å². The third kappa shape index (κ3) is 4.38. The van der Waals surface area contributed by atoms with E-state index >= 15 is 0 Å². The molecule has 3 nitrogen and oxygen atoms in total. The van der Waals surface area contributed by atoms with Crippen LogP contribution in [0.1, 0.15) is 5.56 Å². The summed E-state index contributed by atoms with van der Waals surface area (Å²) in [6.45, 7) is 1.08. The number of benzene rings is 1. The molecule has 0 aliphatic rings. The van der Waals surface area contributed by atoms with Crippen LogP contribution in [0.25, 0.3) is 0 Å². The van der Waals surface area contributed by atoms with Crippen LogP contribution >= 0.6 is 0 Å². The van der Waals surface area contributed by atoms with Crippen molar-refractivity contribution in [2.24, 2.45) is 0 Å². The van der Waals surface area contributed by atoms with E-state index in [4.69, 9.17) is 4.74 Å². The van der Waals surface area contributed by atoms with E-state index in [2.05, 4.69) is 5.32 Å². The number of aliphatic hydroxyl groups excluding tert-OH is 1. The molecule has 0 aliphatic heterocycles. The number of ether oxygens (including phenoxy) is 1. The van der Waals surface area contributed by atoms with E-state index in [1.807, 2.05) is 0 Å². The summed E-state index contributed by atoms with van der Waals surface area (Å²) in [5.41, 5.74) is 0.599. The molecule has 0 fully saturated rings. The van der Waals surface area contributed by atoms with Crippen LogP contribution in [-0.2, 0) is 11.3 Å². The molecule has 0 amide bonds. The molecule has 0 radical (unpaired) electrons. The van der Waals surface area contributed by atoms with Gasteiger partial charge < -0.3 is 15.2 Å². The van der Waals surface area contributed by atoms with E-state index < -0.39 is 6.10 Å². The highest BCUT2D eigenvalue weighted by Gasteiger charge is 2.04. The van der Waals surface area contributed by atoms with Crippen molar-refractivity contribution in [2.45, 2.75) is 12.6 Å². The Kier molecular flexibility index (Phi) is 5.25. The number of nitrogens with one attached hydrogen (secondary N) is 1. The van der Waals surface area contributed by atoms with E-state index in [1.165, 1.54) is 13.2 Å². The van der Waals surface area contributed by atoms with E-state index in [0.29, 0.717) is 18.7 Å². The number of hydrogen-bond acceptors (Lipinski definition) is 3. The number of rotatable bonds is 6. The lowest BCUT2D eigenvalue weighted by Gasteiger charge is -2.10. The minimum absolute atomic E-state index is 0.230. The van der Waals surface area contributed by atoms with Crippen LogP contribution in [0.3, 0.4) is 0 Å². The summed E-state index contributed by atoms with van der Waals surface area (Å²) >= 11 is 0. The molecular formula is C11H16FNO2. The maximum Gasteiger partial charge on any atom is 0.127 e. The van der Waals surface area contributed by atoms with Crippen molar-refractivity contribution in [1.29, 1.82) is 0 Å². The Morgan fingerprint density at radius 3 is 2.87 bits per heavy atom. The quantitative estimate of drug-likeness (QED) is 0.738. The molecule has 0 saturated carbocycles. The summed E-state index contributed by atoms with van der Waals surface area (Å²) in [4.78, 5) is 0. The Balaban J connectivity index is 2.29. The van der Waals surface area contributed by atoms with Crippen LogP contribution in [-0.4, -0.2) is 31.5 Å². The van der Waals surface area contributed by atoms with Crippen molar-refractivity contribution in [3.05, 3.63) is 35.6 Å². The van der Waals surface area contributed by atoms with Crippen LogP contribution in [0.5, 0.6) is 0 Å². The Bertz CT molecular complexity index is 294. The number of aliphatic hydroxyl groups is 1. The van der Waals surface area contributed by atoms with Gasteiger partial charge >= 0.3 is 0 Å². The van der Waals surface area contributed by atoms with Gasteiger partial charge in [0, 0.05) is 25.8 Å². The molecule has 1 rings (SSSR count). The monoisotopic (exact) mass is 213 g/mol. The smallest absolute Gasteiger partial charge is 0.127 e. The van der Waals surface area contributed by atoms with Crippen molar-refractivity contribution < 1.29 is 14.2 Å². The first-order valence-electron chi connectivity index (χ1n) is 4.85. The lowest BCUT2D eigenvalue weighted by atomic mass is 10.2. The summed E-state index contributed by atoms with van der Waals surface area (Å²) in [6, 6.07) is 6.57. The predicted molar refractivity (Wildman–Crippen MR) is 56.0 cm³/mol. The second-order valence-electron chi connectivity index (χ2n) is 3.33. The van der Waals surface area contributed by atoms with Gasteiger partial charge in [-0.2, -0.15) is 0 Å². The van der Waals surface area contributed by atoms with Gasteiger partial charge in [0.1, 0.15) is 5.82 Å². The van der Waals surface area contributed by atoms with Crippen LogP contribution in [0.2, 0.25) is 0 Å². The van der Waals surface area contributed by atoms with Gasteiger partial charge in [0.05, 0.1) is 12.7 Å². The minimum Gasteiger partial charge on any atom is -0.389 e. The number of hydrogen-bond donors (Lipinski definition) is 2. The molecule has 1 aromatic carbocycles. The Morgan fingerprint density at radius 2 is 2.20 bits per heavy atom. The van der Waals surface area contributed by atoms with Crippen molar-refractivity contribution in [3.63, 3.8) is 0 Å². The average Bonchev–Trinajstić information content (AvgIpc) is 2.21. The van der Waals surface area contributed by atoms with Gasteiger partial charge in [-0.25, -0.2) is 4.39 Å². The second-order valence-corrected chi connectivity index (χ2v) is 3.33. The summed E-state index contributed by atoms with van der Waals surface area (Å²) in [5.74, 6) is -0.230. The molecule has 1 unspecified atom stereocenters. The molecule has 0 aliphatic carbocycles. The van der Waals surface area contributed by atoms with Crippen molar-refractivity contribution in [3.8, 4) is 0 Å². The SMILES string of the molecule is COCC(O)CNCc1ccccc1F. The standard InChI is InChI=1S/C11H16FNO2/c1-15-8-10(14)7-13-6-9-4-2-3-5-11(9)12/h2-5,10,13-14H,6-8H2,1H3. The maximum absolute atomic E-state index is 13.1. The van der Waals surface area contributed by atoms with Crippen LogP contribution in [0.15, 0.2) is 24.3 Å². The topological polar surface area (TPSA) is 41.5 Å². The molecule has 1 aromatic rings. The van der Waals surface area contributed by atoms with Crippen LogP contribution < -0.4 is 5.32 Å². The molecule has 0 spiro atoms. The first-order valence-corrected chi connectivity index (χ1v) is 4.85. The zero-order valence-electron chi connectivity index (χ0n) is 8.74. The molecule has 15 heavy (non-hydrogen) atoms. The Labute approximate surface area is 88.9 Å². The predicted octanol–water partition coefficient (Wildman–Crippen LogP) is 0.923. The normalized spacial score (nSPS) is 12.7. The fourth-order valence-electron chi connectivity index (χ4n) is 1.27. The highest BCUT2D eigenvalue weighted by atomic mass is 19.1. The summed E-state index contributed by atoms with van der Waals surface area (Å²) in [6.07, 6.45) is -0.554. The summed E-state index contributed by atoms with van der Waals surface area (Å²) in [5, 5.41) is 12.3. The van der Waals surface area contributed by atoms with Crippen molar-refractivity contribution >= 4 is 0 Å². The largest absolute Gasteiger partial charge is 0.389 e. The highest BCUT2D eigenvalue weighted by molar-refractivity contribution is 5.16. The average molecular weight is 213 g/mol. The summed E-state index contributed by atoms with van der Waals surface area (Å²) < 4.78 is 17.9. The van der Waals surface area contributed by atoms with Gasteiger partial charge in [0.25, 0.3) is 0 Å². The van der Waals surface area contributed by atoms with E-state index in [9.17, 15) is 9.50 Å². The fourth-order valence-corrected chi connectivity index (χ4v) is 1.27. The number of halogens is 1. The molecule has 0 saturated heterocycles. The van der Waals surface area contributed by atoms with Gasteiger partial charge in [0.2, 0.25) is 0 Å². The molecule has 84 valence electrons. The van der Waals surface area contributed by atoms with Gasteiger partial charge in [-0.3, -0.25) is 0 Å². The van der Waals surface area contributed by atoms with Crippen LogP contribution in [0.4, 0.5) is 4.39 Å². The molecule has 2 N–H and O–H groups in total. The van der Waals surface area contributed by atoms with Gasteiger partial charge in [-0.15, -0.1) is 0 Å². The molecule has 4 heteroatoms. The van der Waals surface area contributed by atoms with Gasteiger partial charge in [-0.05, 0) is 6.07 Å². The molecule has 0 heterocycles. The lowest BCUT2D eigenvalue weighted by molar-refractivity contribution is 0.0643. The summed E-state index contributed by atoms with van der Waals surface area (Å²) in [7, 11) is 1.53. The van der Waals surface area contributed by atoms with E-state index in [0.717, 1.165) is 0 Å². The first-order chi connectivity index (χ1) is 7.24. The van der Waals surface area contributed by atoms with Crippen LogP contribution in [0, 0.1) is 5.82 Å². The Hall–Kier alpha value is -0.970. The van der Waals surface area contributed by atoms with Gasteiger partial charge in [0.15, 0.2) is 0 Å². The lowest BCUT2D eigenvalue weighted by Crippen LogP contribution is -2.29. The molecular weight excluding hydrogens is 197 g/mol. The van der Waals surface area contributed by atoms with E-state index in [-0.39, 0.29) is 12.4 Å². The minimum atomic E-state index is -0.554. The zero-order valence-corrected chi connectivity index (χ0v) is 8.74. The number of methoxy groups -OCH3 is 1. The fraction of sp³-hybridized carbons (Fsp3) is 0.455. The highest BCUT2D eigenvalue weighted by Crippen LogP contribution is 2.05. The third-order valence-electron chi connectivity index (χ3n) is 2.01. The molecule has 0 aromatic heterocycles. The van der Waals surface area contributed by atoms with Crippen molar-refractivity contribution in [1.82, 2.24) is 5.32 Å². The second kappa shape index (κ2) is 6.50. The zero-order chi connectivity index (χ0) is 11.1. The molecule has 0 bridgehead atoms. The third-order valence-corrected chi connectivity index (χ3v) is 2.01. The van der Waals surface area contributed by atoms with E-state index in [1.54, 1.807) is 18.2 Å². The van der Waals surface area contributed by atoms with Crippen molar-refractivity contribution in [2.75, 3.05) is 20.3 Å². The maximum atomic E-state index is 13.1.